The zero-order valence-electron chi connectivity index (χ0n) is 16.3. The number of rotatable bonds is 4. The van der Waals surface area contributed by atoms with E-state index in [1.807, 2.05) is 0 Å². The fourth-order valence-corrected chi connectivity index (χ4v) is 3.81. The second-order valence-electron chi connectivity index (χ2n) is 7.37. The van der Waals surface area contributed by atoms with Crippen molar-refractivity contribution in [3.63, 3.8) is 0 Å². The van der Waals surface area contributed by atoms with Gasteiger partial charge in [-0.25, -0.2) is 9.18 Å². The monoisotopic (exact) mass is 411 g/mol. The molecule has 7 nitrogen and oxygen atoms in total. The van der Waals surface area contributed by atoms with E-state index >= 15 is 0 Å². The Balaban J connectivity index is 1.45. The van der Waals surface area contributed by atoms with Crippen molar-refractivity contribution in [3.8, 4) is 0 Å². The third-order valence-electron chi connectivity index (χ3n) is 5.38. The maximum Gasteiger partial charge on any atom is 0.414 e. The summed E-state index contributed by atoms with van der Waals surface area (Å²) in [7, 11) is 0. The van der Waals surface area contributed by atoms with E-state index in [2.05, 4.69) is 5.32 Å². The quantitative estimate of drug-likeness (QED) is 0.838. The fraction of sp³-hybridized carbons (Fsp3) is 0.318. The third kappa shape index (κ3) is 4.12. The predicted molar refractivity (Wildman–Crippen MR) is 109 cm³/mol. The topological polar surface area (TPSA) is 79.0 Å². The van der Waals surface area contributed by atoms with E-state index in [1.54, 1.807) is 29.2 Å². The van der Waals surface area contributed by atoms with Crippen LogP contribution in [-0.2, 0) is 9.53 Å². The van der Waals surface area contributed by atoms with Crippen LogP contribution in [0.3, 0.4) is 0 Å². The predicted octanol–water partition coefficient (Wildman–Crippen LogP) is 3.27. The van der Waals surface area contributed by atoms with Crippen LogP contribution in [0.4, 0.5) is 20.6 Å². The number of nitrogens with one attached hydrogen (secondary N) is 1. The van der Waals surface area contributed by atoms with Crippen LogP contribution in [0.25, 0.3) is 0 Å². The number of cyclic esters (lactones) is 1. The first-order chi connectivity index (χ1) is 14.5. The van der Waals surface area contributed by atoms with Gasteiger partial charge in [-0.15, -0.1) is 0 Å². The van der Waals surface area contributed by atoms with E-state index in [0.29, 0.717) is 49.5 Å². The smallest absolute Gasteiger partial charge is 0.414 e. The average molecular weight is 411 g/mol. The number of carbonyl (C=O) groups is 3. The van der Waals surface area contributed by atoms with Crippen molar-refractivity contribution in [2.75, 3.05) is 36.5 Å². The van der Waals surface area contributed by atoms with Crippen LogP contribution < -0.4 is 10.2 Å². The lowest BCUT2D eigenvalue weighted by molar-refractivity contribution is -0.121. The highest BCUT2D eigenvalue weighted by molar-refractivity contribution is 6.01. The number of nitrogens with zero attached hydrogens (tertiary/aromatic N) is 2. The molecule has 0 aromatic heterocycles. The number of benzene rings is 2. The van der Waals surface area contributed by atoms with Crippen molar-refractivity contribution >= 4 is 29.3 Å². The van der Waals surface area contributed by atoms with Gasteiger partial charge in [-0.3, -0.25) is 14.5 Å². The number of para-hydroxylation sites is 2. The van der Waals surface area contributed by atoms with Crippen LogP contribution in [0.5, 0.6) is 0 Å². The Hall–Kier alpha value is -3.42. The Kier molecular flexibility index (Phi) is 5.65. The molecule has 2 aromatic rings. The summed E-state index contributed by atoms with van der Waals surface area (Å²) >= 11 is 0. The minimum absolute atomic E-state index is 0.202. The zero-order chi connectivity index (χ0) is 21.1. The highest BCUT2D eigenvalue weighted by Gasteiger charge is 2.31. The van der Waals surface area contributed by atoms with Gasteiger partial charge in [0.15, 0.2) is 0 Å². The van der Waals surface area contributed by atoms with Crippen LogP contribution in [-0.4, -0.2) is 49.0 Å². The van der Waals surface area contributed by atoms with Gasteiger partial charge in [0, 0.05) is 18.7 Å². The molecular weight excluding hydrogens is 389 g/mol. The van der Waals surface area contributed by atoms with Gasteiger partial charge in [0.05, 0.1) is 23.8 Å². The summed E-state index contributed by atoms with van der Waals surface area (Å²) in [6.45, 7) is 1.57. The molecule has 1 unspecified atom stereocenters. The number of amides is 3. The van der Waals surface area contributed by atoms with Gasteiger partial charge in [-0.1, -0.05) is 12.1 Å². The largest absolute Gasteiger partial charge is 0.447 e. The van der Waals surface area contributed by atoms with E-state index in [1.165, 1.54) is 29.2 Å². The van der Waals surface area contributed by atoms with Crippen molar-refractivity contribution in [1.82, 2.24) is 4.90 Å². The molecule has 4 rings (SSSR count). The van der Waals surface area contributed by atoms with E-state index in [0.717, 1.165) is 0 Å². The Morgan fingerprint density at radius 2 is 1.83 bits per heavy atom. The van der Waals surface area contributed by atoms with Crippen LogP contribution in [0.15, 0.2) is 48.5 Å². The SMILES string of the molecule is O=C(Nc1ccccc1N1CCOC1=O)C1CCCN(C(=O)c2ccc(F)cc2)C1. The van der Waals surface area contributed by atoms with Crippen molar-refractivity contribution in [2.24, 2.45) is 5.92 Å². The van der Waals surface area contributed by atoms with Crippen molar-refractivity contribution in [3.05, 3.63) is 59.9 Å². The Morgan fingerprint density at radius 3 is 2.57 bits per heavy atom. The molecule has 2 heterocycles. The molecule has 156 valence electrons. The summed E-state index contributed by atoms with van der Waals surface area (Å²) in [4.78, 5) is 40.7. The number of ether oxygens (including phenoxy) is 1. The van der Waals surface area contributed by atoms with Gasteiger partial charge in [0.2, 0.25) is 5.91 Å². The molecule has 0 saturated carbocycles. The molecule has 2 saturated heterocycles. The molecule has 1 atom stereocenters. The molecule has 3 amide bonds. The lowest BCUT2D eigenvalue weighted by atomic mass is 9.96. The second-order valence-corrected chi connectivity index (χ2v) is 7.37. The molecule has 0 bridgehead atoms. The normalized spacial score (nSPS) is 18.8. The summed E-state index contributed by atoms with van der Waals surface area (Å²) in [5, 5.41) is 2.91. The first kappa shape index (κ1) is 19.9. The van der Waals surface area contributed by atoms with Crippen LogP contribution in [0.2, 0.25) is 0 Å². The van der Waals surface area contributed by atoms with E-state index in [4.69, 9.17) is 4.74 Å². The van der Waals surface area contributed by atoms with Gasteiger partial charge in [-0.2, -0.15) is 0 Å². The molecule has 2 aromatic carbocycles. The number of hydrogen-bond donors (Lipinski definition) is 1. The van der Waals surface area contributed by atoms with Gasteiger partial charge >= 0.3 is 6.09 Å². The number of likely N-dealkylation sites (tertiary alicyclic amines) is 1. The summed E-state index contributed by atoms with van der Waals surface area (Å²) in [6.07, 6.45) is 0.920. The molecule has 30 heavy (non-hydrogen) atoms. The summed E-state index contributed by atoms with van der Waals surface area (Å²) in [5.74, 6) is -1.19. The molecule has 0 aliphatic carbocycles. The maximum absolute atomic E-state index is 13.1. The third-order valence-corrected chi connectivity index (χ3v) is 5.38. The summed E-state index contributed by atoms with van der Waals surface area (Å²) in [5.41, 5.74) is 1.52. The minimum atomic E-state index is -0.439. The van der Waals surface area contributed by atoms with E-state index in [-0.39, 0.29) is 24.3 Å². The number of anilines is 2. The van der Waals surface area contributed by atoms with Crippen LogP contribution >= 0.6 is 0 Å². The molecule has 0 radical (unpaired) electrons. The van der Waals surface area contributed by atoms with Gasteiger partial charge in [-0.05, 0) is 49.2 Å². The van der Waals surface area contributed by atoms with Crippen LogP contribution in [0, 0.1) is 11.7 Å². The molecule has 8 heteroatoms. The molecule has 2 aliphatic rings. The molecule has 2 aliphatic heterocycles. The van der Waals surface area contributed by atoms with Gasteiger partial charge in [0.1, 0.15) is 12.4 Å². The van der Waals surface area contributed by atoms with Crippen molar-refractivity contribution in [2.45, 2.75) is 12.8 Å². The van der Waals surface area contributed by atoms with Crippen molar-refractivity contribution in [1.29, 1.82) is 0 Å². The summed E-state index contributed by atoms with van der Waals surface area (Å²) in [6, 6.07) is 12.5. The van der Waals surface area contributed by atoms with E-state index < -0.39 is 11.9 Å². The van der Waals surface area contributed by atoms with E-state index in [9.17, 15) is 18.8 Å². The maximum atomic E-state index is 13.1. The number of carbonyl (C=O) groups excluding carboxylic acids is 3. The Morgan fingerprint density at radius 1 is 1.07 bits per heavy atom. The molecular formula is C22H22FN3O4. The van der Waals surface area contributed by atoms with Crippen LogP contribution in [0.1, 0.15) is 23.2 Å². The number of piperidine rings is 1. The first-order valence-electron chi connectivity index (χ1n) is 9.92. The standard InChI is InChI=1S/C22H22FN3O4/c23-17-9-7-15(8-10-17)21(28)25-11-3-4-16(14-25)20(27)24-18-5-1-2-6-19(18)26-12-13-30-22(26)29/h1-2,5-10,16H,3-4,11-14H2,(H,24,27). The Labute approximate surface area is 173 Å². The second kappa shape index (κ2) is 8.52. The minimum Gasteiger partial charge on any atom is -0.447 e. The number of halogens is 1. The van der Waals surface area contributed by atoms with Gasteiger partial charge in [0.25, 0.3) is 5.91 Å². The lowest BCUT2D eigenvalue weighted by Gasteiger charge is -2.32. The van der Waals surface area contributed by atoms with Gasteiger partial charge < -0.3 is 15.0 Å². The zero-order valence-corrected chi connectivity index (χ0v) is 16.3. The average Bonchev–Trinajstić information content (AvgIpc) is 3.20. The molecule has 0 spiro atoms. The lowest BCUT2D eigenvalue weighted by Crippen LogP contribution is -2.43. The number of hydrogen-bond acceptors (Lipinski definition) is 4. The highest BCUT2D eigenvalue weighted by Crippen LogP contribution is 2.29. The molecule has 2 fully saturated rings. The fourth-order valence-electron chi connectivity index (χ4n) is 3.81. The Bertz CT molecular complexity index is 963. The van der Waals surface area contributed by atoms with Crippen molar-refractivity contribution < 1.29 is 23.5 Å². The highest BCUT2D eigenvalue weighted by atomic mass is 19.1. The molecule has 1 N–H and O–H groups in total. The summed E-state index contributed by atoms with van der Waals surface area (Å²) < 4.78 is 18.1. The first-order valence-corrected chi connectivity index (χ1v) is 9.92.